The van der Waals surface area contributed by atoms with E-state index in [1.54, 1.807) is 0 Å². The third-order valence-electron chi connectivity index (χ3n) is 2.78. The van der Waals surface area contributed by atoms with Gasteiger partial charge in [-0.1, -0.05) is 34.1 Å². The highest BCUT2D eigenvalue weighted by atomic mass is 15.1. The van der Waals surface area contributed by atoms with Gasteiger partial charge in [0.2, 0.25) is 0 Å². The lowest BCUT2D eigenvalue weighted by molar-refractivity contribution is 0.285. The normalized spacial score (nSPS) is 13.5. The van der Waals surface area contributed by atoms with Crippen LogP contribution in [0.4, 0.5) is 0 Å². The standard InChI is InChI=1S/C12H28N2/c1-5-9-14(7-3)10-8-13-11-12(4)6-2/h12-13H,5-11H2,1-4H3. The van der Waals surface area contributed by atoms with Gasteiger partial charge in [-0.2, -0.15) is 0 Å². The Hall–Kier alpha value is -0.0800. The predicted molar refractivity (Wildman–Crippen MR) is 64.7 cm³/mol. The van der Waals surface area contributed by atoms with Gasteiger partial charge in [0, 0.05) is 13.1 Å². The maximum Gasteiger partial charge on any atom is 0.0107 e. The molecule has 0 rings (SSSR count). The Morgan fingerprint density at radius 1 is 1.14 bits per heavy atom. The minimum absolute atomic E-state index is 0.816. The summed E-state index contributed by atoms with van der Waals surface area (Å²) in [5, 5.41) is 3.52. The fourth-order valence-electron chi connectivity index (χ4n) is 1.47. The summed E-state index contributed by atoms with van der Waals surface area (Å²) >= 11 is 0. The summed E-state index contributed by atoms with van der Waals surface area (Å²) in [5.41, 5.74) is 0. The molecule has 86 valence electrons. The molecule has 0 fully saturated rings. The van der Waals surface area contributed by atoms with Crippen LogP contribution in [0.3, 0.4) is 0 Å². The number of likely N-dealkylation sites (N-methyl/N-ethyl adjacent to an activating group) is 1. The molecule has 0 bridgehead atoms. The van der Waals surface area contributed by atoms with E-state index in [-0.39, 0.29) is 0 Å². The van der Waals surface area contributed by atoms with Gasteiger partial charge >= 0.3 is 0 Å². The average molecular weight is 200 g/mol. The third-order valence-corrected chi connectivity index (χ3v) is 2.78. The van der Waals surface area contributed by atoms with Crippen LogP contribution < -0.4 is 5.32 Å². The largest absolute Gasteiger partial charge is 0.315 e. The van der Waals surface area contributed by atoms with Crippen molar-refractivity contribution in [1.82, 2.24) is 10.2 Å². The molecule has 14 heavy (non-hydrogen) atoms. The average Bonchev–Trinajstić information content (AvgIpc) is 2.22. The monoisotopic (exact) mass is 200 g/mol. The fraction of sp³-hybridized carbons (Fsp3) is 1.00. The molecule has 2 heteroatoms. The molecule has 0 saturated heterocycles. The van der Waals surface area contributed by atoms with E-state index < -0.39 is 0 Å². The van der Waals surface area contributed by atoms with E-state index in [1.807, 2.05) is 0 Å². The SMILES string of the molecule is CCCN(CC)CCNCC(C)CC. The van der Waals surface area contributed by atoms with Crippen LogP contribution in [-0.2, 0) is 0 Å². The molecular formula is C12H28N2. The van der Waals surface area contributed by atoms with Gasteiger partial charge in [-0.15, -0.1) is 0 Å². The van der Waals surface area contributed by atoms with E-state index in [9.17, 15) is 0 Å². The highest BCUT2D eigenvalue weighted by Gasteiger charge is 2.01. The van der Waals surface area contributed by atoms with Crippen LogP contribution >= 0.6 is 0 Å². The van der Waals surface area contributed by atoms with Gasteiger partial charge in [-0.05, 0) is 32.0 Å². The van der Waals surface area contributed by atoms with Crippen LogP contribution in [0.25, 0.3) is 0 Å². The predicted octanol–water partition coefficient (Wildman–Crippen LogP) is 2.35. The van der Waals surface area contributed by atoms with Crippen molar-refractivity contribution in [3.8, 4) is 0 Å². The Labute approximate surface area is 90.1 Å². The summed E-state index contributed by atoms with van der Waals surface area (Å²) in [5.74, 6) is 0.816. The Kier molecular flexibility index (Phi) is 9.42. The quantitative estimate of drug-likeness (QED) is 0.575. The summed E-state index contributed by atoms with van der Waals surface area (Å²) in [6.45, 7) is 15.0. The van der Waals surface area contributed by atoms with E-state index in [2.05, 4.69) is 37.9 Å². The van der Waals surface area contributed by atoms with Crippen molar-refractivity contribution < 1.29 is 0 Å². The molecule has 0 aliphatic rings. The molecule has 0 radical (unpaired) electrons. The van der Waals surface area contributed by atoms with Gasteiger partial charge in [0.15, 0.2) is 0 Å². The van der Waals surface area contributed by atoms with E-state index in [0.29, 0.717) is 0 Å². The summed E-state index contributed by atoms with van der Waals surface area (Å²) < 4.78 is 0. The topological polar surface area (TPSA) is 15.3 Å². The lowest BCUT2D eigenvalue weighted by atomic mass is 10.1. The molecule has 1 unspecified atom stereocenters. The molecular weight excluding hydrogens is 172 g/mol. The van der Waals surface area contributed by atoms with Crippen molar-refractivity contribution in [3.05, 3.63) is 0 Å². The van der Waals surface area contributed by atoms with Gasteiger partial charge in [-0.3, -0.25) is 0 Å². The number of rotatable bonds is 9. The summed E-state index contributed by atoms with van der Waals surface area (Å²) in [6, 6.07) is 0. The van der Waals surface area contributed by atoms with Crippen molar-refractivity contribution in [3.63, 3.8) is 0 Å². The molecule has 0 saturated carbocycles. The maximum atomic E-state index is 3.52. The lowest BCUT2D eigenvalue weighted by Crippen LogP contribution is -2.34. The Morgan fingerprint density at radius 3 is 2.36 bits per heavy atom. The molecule has 0 amide bonds. The summed E-state index contributed by atoms with van der Waals surface area (Å²) in [7, 11) is 0. The molecule has 2 nitrogen and oxygen atoms in total. The highest BCUT2D eigenvalue weighted by molar-refractivity contribution is 4.59. The minimum atomic E-state index is 0.816. The van der Waals surface area contributed by atoms with E-state index in [0.717, 1.165) is 12.5 Å². The second-order valence-corrected chi connectivity index (χ2v) is 4.15. The molecule has 0 aliphatic carbocycles. The van der Waals surface area contributed by atoms with Crippen LogP contribution in [-0.4, -0.2) is 37.6 Å². The smallest absolute Gasteiger partial charge is 0.0107 e. The molecule has 0 aliphatic heterocycles. The fourth-order valence-corrected chi connectivity index (χ4v) is 1.47. The maximum absolute atomic E-state index is 3.52. The first-order valence-electron chi connectivity index (χ1n) is 6.17. The zero-order valence-electron chi connectivity index (χ0n) is 10.5. The van der Waals surface area contributed by atoms with Gasteiger partial charge in [0.25, 0.3) is 0 Å². The second kappa shape index (κ2) is 9.47. The molecule has 0 heterocycles. The molecule has 0 aromatic rings. The lowest BCUT2D eigenvalue weighted by Gasteiger charge is -2.20. The number of nitrogens with one attached hydrogen (secondary N) is 1. The molecule has 1 N–H and O–H groups in total. The zero-order valence-corrected chi connectivity index (χ0v) is 10.5. The van der Waals surface area contributed by atoms with E-state index >= 15 is 0 Å². The Balaban J connectivity index is 3.32. The first-order chi connectivity index (χ1) is 6.74. The molecule has 1 atom stereocenters. The van der Waals surface area contributed by atoms with Crippen LogP contribution in [0.15, 0.2) is 0 Å². The van der Waals surface area contributed by atoms with Crippen LogP contribution in [0.5, 0.6) is 0 Å². The summed E-state index contributed by atoms with van der Waals surface area (Å²) in [4.78, 5) is 2.50. The van der Waals surface area contributed by atoms with Gasteiger partial charge in [0.1, 0.15) is 0 Å². The van der Waals surface area contributed by atoms with Crippen LogP contribution in [0, 0.1) is 5.92 Å². The molecule has 0 aromatic heterocycles. The van der Waals surface area contributed by atoms with Gasteiger partial charge in [0.05, 0.1) is 0 Å². The van der Waals surface area contributed by atoms with Crippen LogP contribution in [0.2, 0.25) is 0 Å². The van der Waals surface area contributed by atoms with Crippen molar-refractivity contribution in [2.75, 3.05) is 32.7 Å². The van der Waals surface area contributed by atoms with Crippen molar-refractivity contribution in [2.24, 2.45) is 5.92 Å². The van der Waals surface area contributed by atoms with Crippen molar-refractivity contribution in [1.29, 1.82) is 0 Å². The molecule has 0 spiro atoms. The number of nitrogens with zero attached hydrogens (tertiary/aromatic N) is 1. The zero-order chi connectivity index (χ0) is 10.8. The second-order valence-electron chi connectivity index (χ2n) is 4.15. The van der Waals surface area contributed by atoms with Gasteiger partial charge < -0.3 is 10.2 Å². The number of hydrogen-bond donors (Lipinski definition) is 1. The summed E-state index contributed by atoms with van der Waals surface area (Å²) in [6.07, 6.45) is 2.54. The Bertz CT molecular complexity index is 115. The van der Waals surface area contributed by atoms with Gasteiger partial charge in [-0.25, -0.2) is 0 Å². The van der Waals surface area contributed by atoms with Crippen molar-refractivity contribution in [2.45, 2.75) is 40.5 Å². The number of hydrogen-bond acceptors (Lipinski definition) is 2. The molecule has 0 aromatic carbocycles. The first kappa shape index (κ1) is 13.9. The van der Waals surface area contributed by atoms with Crippen molar-refractivity contribution >= 4 is 0 Å². The first-order valence-corrected chi connectivity index (χ1v) is 6.17. The Morgan fingerprint density at radius 2 is 1.86 bits per heavy atom. The minimum Gasteiger partial charge on any atom is -0.315 e. The van der Waals surface area contributed by atoms with E-state index in [4.69, 9.17) is 0 Å². The third kappa shape index (κ3) is 7.34. The highest BCUT2D eigenvalue weighted by Crippen LogP contribution is 1.97. The van der Waals surface area contributed by atoms with Crippen LogP contribution in [0.1, 0.15) is 40.5 Å². The van der Waals surface area contributed by atoms with E-state index in [1.165, 1.54) is 39.0 Å².